The minimum atomic E-state index is -0.792. The van der Waals surface area contributed by atoms with Crippen molar-refractivity contribution < 1.29 is 24.2 Å². The third kappa shape index (κ3) is 40.6. The summed E-state index contributed by atoms with van der Waals surface area (Å²) in [6.45, 7) is 4.00. The van der Waals surface area contributed by atoms with Gasteiger partial charge >= 0.3 is 11.9 Å². The molecule has 0 rings (SSSR count). The fourth-order valence-corrected chi connectivity index (χ4v) is 6.31. The van der Waals surface area contributed by atoms with Crippen molar-refractivity contribution in [1.29, 1.82) is 0 Å². The largest absolute Gasteiger partial charge is 0.462 e. The van der Waals surface area contributed by atoms with Crippen LogP contribution in [0, 0.1) is 0 Å². The molecule has 0 amide bonds. The van der Waals surface area contributed by atoms with Crippen molar-refractivity contribution in [2.75, 3.05) is 13.2 Å². The van der Waals surface area contributed by atoms with E-state index in [4.69, 9.17) is 9.47 Å². The number of aliphatic hydroxyl groups excluding tert-OH is 1. The summed E-state index contributed by atoms with van der Waals surface area (Å²) in [6, 6.07) is 0. The van der Waals surface area contributed by atoms with Crippen LogP contribution in [0.25, 0.3) is 0 Å². The molecule has 0 spiro atoms. The molecule has 302 valence electrons. The third-order valence-corrected chi connectivity index (χ3v) is 9.64. The van der Waals surface area contributed by atoms with Crippen molar-refractivity contribution in [2.24, 2.45) is 0 Å². The molecule has 5 heteroatoms. The number of carbonyl (C=O) groups excluding carboxylic acids is 2. The highest BCUT2D eigenvalue weighted by molar-refractivity contribution is 5.70. The Morgan fingerprint density at radius 3 is 1.25 bits per heavy atom. The fourth-order valence-electron chi connectivity index (χ4n) is 6.31. The number of ether oxygens (including phenoxy) is 2. The lowest BCUT2D eigenvalue weighted by Crippen LogP contribution is -2.28. The second kappa shape index (κ2) is 43.3. The van der Waals surface area contributed by atoms with Crippen molar-refractivity contribution in [3.8, 4) is 0 Å². The smallest absolute Gasteiger partial charge is 0.306 e. The van der Waals surface area contributed by atoms with Crippen LogP contribution in [0.5, 0.6) is 0 Å². The topological polar surface area (TPSA) is 72.8 Å². The maximum Gasteiger partial charge on any atom is 0.306 e. The highest BCUT2D eigenvalue weighted by atomic mass is 16.6. The lowest BCUT2D eigenvalue weighted by Gasteiger charge is -2.15. The molecule has 1 atom stereocenters. The Kier molecular flexibility index (Phi) is 41.5. The van der Waals surface area contributed by atoms with Crippen LogP contribution in [-0.4, -0.2) is 36.4 Å². The summed E-state index contributed by atoms with van der Waals surface area (Å²) in [5.41, 5.74) is 0. The lowest BCUT2D eigenvalue weighted by molar-refractivity contribution is -0.161. The molecule has 0 aromatic heterocycles. The van der Waals surface area contributed by atoms with Crippen LogP contribution in [0.1, 0.15) is 219 Å². The van der Waals surface area contributed by atoms with E-state index in [1.165, 1.54) is 128 Å². The number of aliphatic hydroxyl groups is 1. The maximum atomic E-state index is 12.2. The molecule has 0 heterocycles. The van der Waals surface area contributed by atoms with E-state index in [1.807, 2.05) is 0 Å². The summed E-state index contributed by atoms with van der Waals surface area (Å²) in [6.07, 6.45) is 54.8. The molecule has 0 aromatic rings. The zero-order chi connectivity index (χ0) is 37.8. The van der Waals surface area contributed by atoms with Crippen molar-refractivity contribution in [1.82, 2.24) is 0 Å². The van der Waals surface area contributed by atoms with Gasteiger partial charge in [-0.2, -0.15) is 0 Å². The zero-order valence-corrected chi connectivity index (χ0v) is 34.3. The Bertz CT molecular complexity index is 873. The molecule has 0 aromatic carbocycles. The van der Waals surface area contributed by atoms with Crippen LogP contribution in [-0.2, 0) is 19.1 Å². The first-order valence-electron chi connectivity index (χ1n) is 22.2. The number of carbonyl (C=O) groups is 2. The molecule has 5 nitrogen and oxygen atoms in total. The molecule has 0 saturated heterocycles. The summed E-state index contributed by atoms with van der Waals surface area (Å²) in [5, 5.41) is 9.57. The summed E-state index contributed by atoms with van der Waals surface area (Å²) in [5.74, 6) is -0.633. The summed E-state index contributed by atoms with van der Waals surface area (Å²) >= 11 is 0. The van der Waals surface area contributed by atoms with Crippen molar-refractivity contribution in [3.05, 3.63) is 48.6 Å². The normalized spacial score (nSPS) is 12.6. The van der Waals surface area contributed by atoms with Crippen molar-refractivity contribution in [3.63, 3.8) is 0 Å². The average Bonchev–Trinajstić information content (AvgIpc) is 3.15. The van der Waals surface area contributed by atoms with E-state index < -0.39 is 6.10 Å². The molecule has 0 fully saturated rings. The molecule has 0 bridgehead atoms. The van der Waals surface area contributed by atoms with E-state index in [2.05, 4.69) is 62.5 Å². The van der Waals surface area contributed by atoms with Gasteiger partial charge in [-0.25, -0.2) is 0 Å². The number of rotatable bonds is 40. The van der Waals surface area contributed by atoms with E-state index in [0.29, 0.717) is 12.8 Å². The molecule has 1 N–H and O–H groups in total. The van der Waals surface area contributed by atoms with E-state index in [0.717, 1.165) is 64.2 Å². The molecular formula is C47H84O5. The zero-order valence-electron chi connectivity index (χ0n) is 34.3. The number of allylic oxidation sites excluding steroid dienone is 8. The fraction of sp³-hybridized carbons (Fsp3) is 0.787. The quantitative estimate of drug-likeness (QED) is 0.0386. The molecule has 0 radical (unpaired) electrons. The summed E-state index contributed by atoms with van der Waals surface area (Å²) in [4.78, 5) is 24.3. The van der Waals surface area contributed by atoms with Crippen LogP contribution >= 0.6 is 0 Å². The van der Waals surface area contributed by atoms with Gasteiger partial charge in [0.15, 0.2) is 6.10 Å². The Labute approximate surface area is 322 Å². The average molecular weight is 729 g/mol. The molecule has 0 aliphatic carbocycles. The van der Waals surface area contributed by atoms with Crippen LogP contribution in [0.2, 0.25) is 0 Å². The number of hydrogen-bond donors (Lipinski definition) is 1. The maximum absolute atomic E-state index is 12.2. The first kappa shape index (κ1) is 49.9. The predicted octanol–water partition coefficient (Wildman–Crippen LogP) is 14.2. The van der Waals surface area contributed by atoms with Gasteiger partial charge in [-0.15, -0.1) is 0 Å². The van der Waals surface area contributed by atoms with Gasteiger partial charge in [0.2, 0.25) is 0 Å². The van der Waals surface area contributed by atoms with Gasteiger partial charge < -0.3 is 14.6 Å². The van der Waals surface area contributed by atoms with Crippen molar-refractivity contribution >= 4 is 11.9 Å². The first-order valence-corrected chi connectivity index (χ1v) is 22.2. The van der Waals surface area contributed by atoms with Gasteiger partial charge in [-0.05, 0) is 51.4 Å². The number of unbranched alkanes of at least 4 members (excludes halogenated alkanes) is 24. The molecule has 0 unspecified atom stereocenters. The third-order valence-electron chi connectivity index (χ3n) is 9.64. The van der Waals surface area contributed by atoms with E-state index in [9.17, 15) is 14.7 Å². The first-order chi connectivity index (χ1) is 25.6. The molecule has 0 aliphatic rings. The second-order valence-electron chi connectivity index (χ2n) is 14.8. The molecule has 52 heavy (non-hydrogen) atoms. The molecule has 0 saturated carbocycles. The molecular weight excluding hydrogens is 645 g/mol. The van der Waals surface area contributed by atoms with Crippen LogP contribution in [0.3, 0.4) is 0 Å². The van der Waals surface area contributed by atoms with Crippen LogP contribution < -0.4 is 0 Å². The number of hydrogen-bond acceptors (Lipinski definition) is 5. The second-order valence-corrected chi connectivity index (χ2v) is 14.8. The van der Waals surface area contributed by atoms with E-state index in [-0.39, 0.29) is 25.2 Å². The predicted molar refractivity (Wildman–Crippen MR) is 224 cm³/mol. The van der Waals surface area contributed by atoms with Gasteiger partial charge in [-0.1, -0.05) is 204 Å². The Morgan fingerprint density at radius 2 is 0.827 bits per heavy atom. The SMILES string of the molecule is CC/C=C/C/C=C/C/C=C/C/C=C/CCCCC(=O)O[C@@H](CO)COC(=O)CCCCCCCCCCCCCCCCCCCCCCCCC. The van der Waals surface area contributed by atoms with Gasteiger partial charge in [0.05, 0.1) is 6.61 Å². The lowest BCUT2D eigenvalue weighted by atomic mass is 10.0. The van der Waals surface area contributed by atoms with Gasteiger partial charge in [-0.3, -0.25) is 9.59 Å². The van der Waals surface area contributed by atoms with E-state index in [1.54, 1.807) is 0 Å². The molecule has 0 aliphatic heterocycles. The minimum Gasteiger partial charge on any atom is -0.462 e. The van der Waals surface area contributed by atoms with Gasteiger partial charge in [0.25, 0.3) is 0 Å². The summed E-state index contributed by atoms with van der Waals surface area (Å²) in [7, 11) is 0. The van der Waals surface area contributed by atoms with Crippen LogP contribution in [0.4, 0.5) is 0 Å². The Balaban J connectivity index is 3.52. The Hall–Kier alpha value is -2.14. The Morgan fingerprint density at radius 1 is 0.462 bits per heavy atom. The van der Waals surface area contributed by atoms with Gasteiger partial charge in [0.1, 0.15) is 6.61 Å². The monoisotopic (exact) mass is 729 g/mol. The summed E-state index contributed by atoms with van der Waals surface area (Å²) < 4.78 is 10.6. The number of esters is 2. The highest BCUT2D eigenvalue weighted by Gasteiger charge is 2.16. The minimum absolute atomic E-state index is 0.0810. The van der Waals surface area contributed by atoms with Crippen LogP contribution in [0.15, 0.2) is 48.6 Å². The highest BCUT2D eigenvalue weighted by Crippen LogP contribution is 2.16. The standard InChI is InChI=1S/C47H84O5/c1-3-5-7-9-11-13-15-17-19-20-21-22-23-24-25-26-28-29-31-33-35-37-39-41-46(49)51-44-45(43-48)52-47(50)42-40-38-36-34-32-30-27-18-16-14-12-10-8-6-4-2/h6,8,12,14,18,27,32,34,45,48H,3-5,7,9-11,13,15-17,19-26,28-31,33,35-44H2,1-2H3/b8-6+,14-12+,27-18+,34-32+/t45-/m0/s1. The van der Waals surface area contributed by atoms with E-state index >= 15 is 0 Å². The van der Waals surface area contributed by atoms with Crippen molar-refractivity contribution in [2.45, 2.75) is 225 Å². The van der Waals surface area contributed by atoms with Gasteiger partial charge in [0, 0.05) is 12.8 Å².